The molecule has 0 heterocycles. The van der Waals surface area contributed by atoms with Crippen LogP contribution in [0.25, 0.3) is 6.08 Å². The van der Waals surface area contributed by atoms with Crippen LogP contribution in [0.15, 0.2) is 34.3 Å². The first kappa shape index (κ1) is 13.6. The topological polar surface area (TPSA) is 43.4 Å². The van der Waals surface area contributed by atoms with Gasteiger partial charge in [-0.3, -0.25) is 4.79 Å². The number of ketones is 1. The Morgan fingerprint density at radius 3 is 2.65 bits per heavy atom. The van der Waals surface area contributed by atoms with Crippen molar-refractivity contribution in [2.24, 2.45) is 0 Å². The minimum absolute atomic E-state index is 0.0601. The Bertz CT molecular complexity index is 463. The number of Topliss-reactive ketones (excluding diaryl/α,β-unsaturated/α-hetero) is 1. The Morgan fingerprint density at radius 1 is 1.41 bits per heavy atom. The number of rotatable bonds is 4. The number of benzene rings is 1. The lowest BCUT2D eigenvalue weighted by Gasteiger charge is -2.03. The maximum absolute atomic E-state index is 11.6. The number of hydrogen-bond acceptors (Lipinski definition) is 3. The number of carbonyl (C=O) groups is 2. The molecule has 0 aliphatic heterocycles. The molecule has 0 amide bonds. The van der Waals surface area contributed by atoms with Crippen LogP contribution in [0.4, 0.5) is 0 Å². The van der Waals surface area contributed by atoms with Gasteiger partial charge in [0, 0.05) is 4.47 Å². The number of halogens is 1. The van der Waals surface area contributed by atoms with Crippen LogP contribution in [0.1, 0.15) is 19.4 Å². The minimum Gasteiger partial charge on any atom is -0.462 e. The molecular weight excluding hydrogens is 284 g/mol. The molecule has 0 unspecified atom stereocenters. The van der Waals surface area contributed by atoms with Crippen LogP contribution in [-0.2, 0) is 14.3 Å². The Morgan fingerprint density at radius 2 is 2.12 bits per heavy atom. The lowest BCUT2D eigenvalue weighted by Crippen LogP contribution is -2.13. The van der Waals surface area contributed by atoms with E-state index in [0.29, 0.717) is 0 Å². The van der Waals surface area contributed by atoms with Crippen LogP contribution in [0.2, 0.25) is 0 Å². The van der Waals surface area contributed by atoms with Crippen molar-refractivity contribution in [2.75, 3.05) is 6.61 Å². The van der Waals surface area contributed by atoms with Crippen LogP contribution < -0.4 is 0 Å². The Kier molecular flexibility index (Phi) is 5.10. The smallest absolute Gasteiger partial charge is 0.341 e. The van der Waals surface area contributed by atoms with Gasteiger partial charge in [0.05, 0.1) is 6.61 Å². The molecule has 0 aliphatic carbocycles. The fourth-order valence-electron chi connectivity index (χ4n) is 1.28. The zero-order chi connectivity index (χ0) is 12.8. The second-order valence-electron chi connectivity index (χ2n) is 3.39. The minimum atomic E-state index is -0.583. The van der Waals surface area contributed by atoms with Crippen LogP contribution in [0.3, 0.4) is 0 Å². The summed E-state index contributed by atoms with van der Waals surface area (Å²) in [6.45, 7) is 3.30. The maximum atomic E-state index is 11.6. The molecule has 0 saturated heterocycles. The standard InChI is InChI=1S/C13H13BrO3/c1-3-17-13(16)12(9(2)15)8-10-5-4-6-11(14)7-10/h4-8H,3H2,1-2H3/b12-8+. The third kappa shape index (κ3) is 4.15. The van der Waals surface area contributed by atoms with Gasteiger partial charge in [-0.25, -0.2) is 4.79 Å². The highest BCUT2D eigenvalue weighted by molar-refractivity contribution is 9.10. The van der Waals surface area contributed by atoms with Crippen LogP contribution >= 0.6 is 15.9 Å². The predicted molar refractivity (Wildman–Crippen MR) is 69.4 cm³/mol. The summed E-state index contributed by atoms with van der Waals surface area (Å²) in [6, 6.07) is 7.34. The van der Waals surface area contributed by atoms with E-state index in [1.807, 2.05) is 24.3 Å². The molecule has 0 fully saturated rings. The van der Waals surface area contributed by atoms with E-state index < -0.39 is 5.97 Å². The zero-order valence-corrected chi connectivity index (χ0v) is 11.3. The molecule has 17 heavy (non-hydrogen) atoms. The highest BCUT2D eigenvalue weighted by Gasteiger charge is 2.15. The van der Waals surface area contributed by atoms with Crippen molar-refractivity contribution in [1.29, 1.82) is 0 Å². The summed E-state index contributed by atoms with van der Waals surface area (Å²) >= 11 is 3.33. The van der Waals surface area contributed by atoms with Gasteiger partial charge in [0.1, 0.15) is 5.57 Å². The van der Waals surface area contributed by atoms with Crippen molar-refractivity contribution in [1.82, 2.24) is 0 Å². The van der Waals surface area contributed by atoms with E-state index in [1.54, 1.807) is 6.92 Å². The van der Waals surface area contributed by atoms with E-state index >= 15 is 0 Å². The second kappa shape index (κ2) is 6.35. The Labute approximate surface area is 109 Å². The maximum Gasteiger partial charge on any atom is 0.341 e. The fourth-order valence-corrected chi connectivity index (χ4v) is 1.69. The molecule has 0 radical (unpaired) electrons. The van der Waals surface area contributed by atoms with Crippen LogP contribution in [0, 0.1) is 0 Å². The Balaban J connectivity index is 3.06. The summed E-state index contributed by atoms with van der Waals surface area (Å²) in [4.78, 5) is 22.9. The number of hydrogen-bond donors (Lipinski definition) is 0. The normalized spacial score (nSPS) is 11.1. The van der Waals surface area contributed by atoms with Crippen molar-refractivity contribution in [2.45, 2.75) is 13.8 Å². The average Bonchev–Trinajstić information content (AvgIpc) is 2.26. The SMILES string of the molecule is CCOC(=O)/C(=C/c1cccc(Br)c1)C(C)=O. The first-order chi connectivity index (χ1) is 8.04. The van der Waals surface area contributed by atoms with E-state index in [9.17, 15) is 9.59 Å². The van der Waals surface area contributed by atoms with Crippen molar-refractivity contribution in [3.63, 3.8) is 0 Å². The molecule has 4 heteroatoms. The quantitative estimate of drug-likeness (QED) is 0.371. The molecule has 0 aromatic heterocycles. The van der Waals surface area contributed by atoms with Crippen molar-refractivity contribution in [3.8, 4) is 0 Å². The van der Waals surface area contributed by atoms with E-state index in [0.717, 1.165) is 10.0 Å². The van der Waals surface area contributed by atoms with Gasteiger partial charge in [-0.1, -0.05) is 28.1 Å². The third-order valence-corrected chi connectivity index (χ3v) is 2.53. The molecule has 3 nitrogen and oxygen atoms in total. The zero-order valence-electron chi connectivity index (χ0n) is 9.70. The Hall–Kier alpha value is -1.42. The highest BCUT2D eigenvalue weighted by Crippen LogP contribution is 2.15. The van der Waals surface area contributed by atoms with Gasteiger partial charge in [-0.05, 0) is 37.6 Å². The predicted octanol–water partition coefficient (Wildman–Crippen LogP) is 2.98. The van der Waals surface area contributed by atoms with Gasteiger partial charge in [0.25, 0.3) is 0 Å². The van der Waals surface area contributed by atoms with Crippen molar-refractivity contribution < 1.29 is 14.3 Å². The summed E-state index contributed by atoms with van der Waals surface area (Å²) in [5.41, 5.74) is 0.836. The summed E-state index contributed by atoms with van der Waals surface area (Å²) in [7, 11) is 0. The number of carbonyl (C=O) groups excluding carboxylic acids is 2. The molecule has 0 N–H and O–H groups in total. The van der Waals surface area contributed by atoms with Crippen LogP contribution in [0.5, 0.6) is 0 Å². The van der Waals surface area contributed by atoms with Crippen molar-refractivity contribution in [3.05, 3.63) is 39.9 Å². The molecule has 0 spiro atoms. The van der Waals surface area contributed by atoms with Crippen LogP contribution in [-0.4, -0.2) is 18.4 Å². The first-order valence-electron chi connectivity index (χ1n) is 5.20. The molecule has 0 atom stereocenters. The monoisotopic (exact) mass is 296 g/mol. The van der Waals surface area contributed by atoms with E-state index in [1.165, 1.54) is 13.0 Å². The van der Waals surface area contributed by atoms with E-state index in [4.69, 9.17) is 4.74 Å². The molecule has 0 bridgehead atoms. The fraction of sp³-hybridized carbons (Fsp3) is 0.231. The number of esters is 1. The van der Waals surface area contributed by atoms with Gasteiger partial charge in [0.15, 0.2) is 5.78 Å². The van der Waals surface area contributed by atoms with Gasteiger partial charge >= 0.3 is 5.97 Å². The average molecular weight is 297 g/mol. The van der Waals surface area contributed by atoms with Gasteiger partial charge < -0.3 is 4.74 Å². The third-order valence-electron chi connectivity index (χ3n) is 2.03. The molecular formula is C13H13BrO3. The first-order valence-corrected chi connectivity index (χ1v) is 5.99. The summed E-state index contributed by atoms with van der Waals surface area (Å²) in [6.07, 6.45) is 1.53. The molecule has 0 saturated carbocycles. The van der Waals surface area contributed by atoms with Gasteiger partial charge in [0.2, 0.25) is 0 Å². The second-order valence-corrected chi connectivity index (χ2v) is 4.31. The lowest BCUT2D eigenvalue weighted by molar-refractivity contribution is -0.139. The summed E-state index contributed by atoms with van der Waals surface area (Å²) in [5, 5.41) is 0. The van der Waals surface area contributed by atoms with E-state index in [2.05, 4.69) is 15.9 Å². The number of ether oxygens (including phenoxy) is 1. The highest BCUT2D eigenvalue weighted by atomic mass is 79.9. The van der Waals surface area contributed by atoms with E-state index in [-0.39, 0.29) is 18.0 Å². The van der Waals surface area contributed by atoms with Gasteiger partial charge in [-0.15, -0.1) is 0 Å². The molecule has 1 rings (SSSR count). The summed E-state index contributed by atoms with van der Waals surface area (Å²) < 4.78 is 5.72. The summed E-state index contributed by atoms with van der Waals surface area (Å²) in [5.74, 6) is -0.886. The lowest BCUT2D eigenvalue weighted by atomic mass is 10.1. The van der Waals surface area contributed by atoms with Gasteiger partial charge in [-0.2, -0.15) is 0 Å². The molecule has 0 aliphatic rings. The molecule has 1 aromatic carbocycles. The molecule has 90 valence electrons. The largest absolute Gasteiger partial charge is 0.462 e. The molecule has 1 aromatic rings. The van der Waals surface area contributed by atoms with Crippen molar-refractivity contribution >= 4 is 33.8 Å².